The summed E-state index contributed by atoms with van der Waals surface area (Å²) in [5, 5.41) is 9.08. The van der Waals surface area contributed by atoms with Gasteiger partial charge >= 0.3 is 6.03 Å². The molecular formula is C20H23N5O2. The number of amides is 2. The Hall–Kier alpha value is -2.90. The molecule has 0 saturated carbocycles. The minimum atomic E-state index is -0.208. The molecule has 1 atom stereocenters. The normalized spacial score (nSPS) is 17.4. The van der Waals surface area contributed by atoms with Gasteiger partial charge in [0, 0.05) is 36.9 Å². The third kappa shape index (κ3) is 4.27. The summed E-state index contributed by atoms with van der Waals surface area (Å²) >= 11 is 0. The van der Waals surface area contributed by atoms with Gasteiger partial charge in [-0.15, -0.1) is 0 Å². The molecule has 0 aliphatic carbocycles. The van der Waals surface area contributed by atoms with Crippen molar-refractivity contribution in [2.45, 2.75) is 0 Å². The Morgan fingerprint density at radius 1 is 1.22 bits per heavy atom. The number of aromatic nitrogens is 2. The lowest BCUT2D eigenvalue weighted by atomic mass is 10.1. The van der Waals surface area contributed by atoms with Crippen LogP contribution in [0, 0.1) is 5.92 Å². The average Bonchev–Trinajstić information content (AvgIpc) is 2.95. The van der Waals surface area contributed by atoms with Gasteiger partial charge in [-0.1, -0.05) is 12.1 Å². The summed E-state index contributed by atoms with van der Waals surface area (Å²) in [6, 6.07) is 15.5. The molecule has 2 amide bonds. The molecule has 0 bridgehead atoms. The van der Waals surface area contributed by atoms with Gasteiger partial charge in [0.1, 0.15) is 6.33 Å². The molecule has 4 rings (SSSR count). The predicted molar refractivity (Wildman–Crippen MR) is 105 cm³/mol. The average molecular weight is 365 g/mol. The third-order valence-corrected chi connectivity index (χ3v) is 4.62. The van der Waals surface area contributed by atoms with E-state index >= 15 is 0 Å². The molecule has 1 unspecified atom stereocenters. The number of imidazole rings is 1. The first-order chi connectivity index (χ1) is 13.3. The first-order valence-corrected chi connectivity index (χ1v) is 9.15. The minimum absolute atomic E-state index is 0.208. The van der Waals surface area contributed by atoms with E-state index < -0.39 is 0 Å². The number of urea groups is 1. The van der Waals surface area contributed by atoms with Crippen molar-refractivity contribution in [1.82, 2.24) is 20.2 Å². The SMILES string of the molecule is O=C(NCC1CNCCOC1)Nc1ccc(-n2cnc3ccccc32)cc1. The Balaban J connectivity index is 1.35. The summed E-state index contributed by atoms with van der Waals surface area (Å²) in [6.45, 7) is 3.69. The molecule has 1 aliphatic rings. The monoisotopic (exact) mass is 365 g/mol. The lowest BCUT2D eigenvalue weighted by Gasteiger charge is -2.15. The van der Waals surface area contributed by atoms with Crippen LogP contribution in [0.2, 0.25) is 0 Å². The smallest absolute Gasteiger partial charge is 0.319 e. The van der Waals surface area contributed by atoms with Crippen LogP contribution < -0.4 is 16.0 Å². The largest absolute Gasteiger partial charge is 0.380 e. The van der Waals surface area contributed by atoms with Gasteiger partial charge in [-0.25, -0.2) is 9.78 Å². The Morgan fingerprint density at radius 2 is 2.07 bits per heavy atom. The molecule has 0 radical (unpaired) electrons. The summed E-state index contributed by atoms with van der Waals surface area (Å²) in [5.41, 5.74) is 3.75. The third-order valence-electron chi connectivity index (χ3n) is 4.62. The zero-order valence-electron chi connectivity index (χ0n) is 15.0. The number of ether oxygens (including phenoxy) is 1. The van der Waals surface area contributed by atoms with Gasteiger partial charge in [0.25, 0.3) is 0 Å². The van der Waals surface area contributed by atoms with Crippen molar-refractivity contribution in [2.75, 3.05) is 38.2 Å². The van der Waals surface area contributed by atoms with E-state index in [0.29, 0.717) is 13.2 Å². The summed E-state index contributed by atoms with van der Waals surface area (Å²) in [5.74, 6) is 0.287. The Morgan fingerprint density at radius 3 is 2.96 bits per heavy atom. The minimum Gasteiger partial charge on any atom is -0.380 e. The number of hydrogen-bond acceptors (Lipinski definition) is 4. The second kappa shape index (κ2) is 8.20. The second-order valence-corrected chi connectivity index (χ2v) is 6.63. The van der Waals surface area contributed by atoms with E-state index in [2.05, 4.69) is 20.9 Å². The molecule has 3 aromatic rings. The van der Waals surface area contributed by atoms with Crippen LogP contribution in [0.4, 0.5) is 10.5 Å². The molecule has 7 nitrogen and oxygen atoms in total. The highest BCUT2D eigenvalue weighted by molar-refractivity contribution is 5.89. The lowest BCUT2D eigenvalue weighted by Crippen LogP contribution is -2.37. The molecule has 0 spiro atoms. The number of nitrogens with one attached hydrogen (secondary N) is 3. The summed E-state index contributed by atoms with van der Waals surface area (Å²) in [7, 11) is 0. The zero-order chi connectivity index (χ0) is 18.5. The van der Waals surface area contributed by atoms with Gasteiger partial charge in [-0.05, 0) is 36.4 Å². The number of carbonyl (C=O) groups excluding carboxylic acids is 1. The number of anilines is 1. The topological polar surface area (TPSA) is 80.2 Å². The maximum atomic E-state index is 12.1. The van der Waals surface area contributed by atoms with Crippen molar-refractivity contribution in [1.29, 1.82) is 0 Å². The van der Waals surface area contributed by atoms with Crippen LogP contribution in [0.5, 0.6) is 0 Å². The standard InChI is InChI=1S/C20H23N5O2/c26-20(22-12-15-11-21-9-10-27-13-15)24-16-5-7-17(8-6-16)25-14-23-18-3-1-2-4-19(18)25/h1-8,14-15,21H,9-13H2,(H2,22,24,26). The molecule has 1 fully saturated rings. The molecule has 3 N–H and O–H groups in total. The van der Waals surface area contributed by atoms with Gasteiger partial charge in [-0.3, -0.25) is 4.57 Å². The summed E-state index contributed by atoms with van der Waals surface area (Å²) < 4.78 is 7.52. The van der Waals surface area contributed by atoms with Crippen molar-refractivity contribution >= 4 is 22.8 Å². The number of hydrogen-bond donors (Lipinski definition) is 3. The predicted octanol–water partition coefficient (Wildman–Crippen LogP) is 2.38. The van der Waals surface area contributed by atoms with E-state index in [1.165, 1.54) is 0 Å². The maximum absolute atomic E-state index is 12.1. The molecule has 1 aromatic heterocycles. The van der Waals surface area contributed by atoms with Crippen molar-refractivity contribution in [3.05, 3.63) is 54.9 Å². The van der Waals surface area contributed by atoms with Crippen molar-refractivity contribution in [2.24, 2.45) is 5.92 Å². The highest BCUT2D eigenvalue weighted by Gasteiger charge is 2.13. The molecule has 1 aliphatic heterocycles. The molecule has 1 saturated heterocycles. The first-order valence-electron chi connectivity index (χ1n) is 9.15. The first kappa shape index (κ1) is 17.5. The van der Waals surface area contributed by atoms with Crippen LogP contribution in [0.15, 0.2) is 54.9 Å². The highest BCUT2D eigenvalue weighted by Crippen LogP contribution is 2.19. The van der Waals surface area contributed by atoms with Crippen LogP contribution in [0.3, 0.4) is 0 Å². The van der Waals surface area contributed by atoms with Gasteiger partial charge in [0.05, 0.1) is 24.2 Å². The van der Waals surface area contributed by atoms with E-state index in [4.69, 9.17) is 4.74 Å². The van der Waals surface area contributed by atoms with E-state index in [-0.39, 0.29) is 11.9 Å². The van der Waals surface area contributed by atoms with Gasteiger partial charge in [-0.2, -0.15) is 0 Å². The maximum Gasteiger partial charge on any atom is 0.319 e. The van der Waals surface area contributed by atoms with Crippen LogP contribution in [0.25, 0.3) is 16.7 Å². The second-order valence-electron chi connectivity index (χ2n) is 6.63. The Labute approximate surface area is 157 Å². The zero-order valence-corrected chi connectivity index (χ0v) is 15.0. The van der Waals surface area contributed by atoms with Gasteiger partial charge in [0.15, 0.2) is 0 Å². The number of benzene rings is 2. The van der Waals surface area contributed by atoms with Crippen LogP contribution >= 0.6 is 0 Å². The van der Waals surface area contributed by atoms with Gasteiger partial charge in [0.2, 0.25) is 0 Å². The van der Waals surface area contributed by atoms with E-state index in [1.54, 1.807) is 0 Å². The van der Waals surface area contributed by atoms with Crippen LogP contribution in [-0.4, -0.2) is 48.4 Å². The molecule has 7 heteroatoms. The van der Waals surface area contributed by atoms with Crippen molar-refractivity contribution < 1.29 is 9.53 Å². The lowest BCUT2D eigenvalue weighted by molar-refractivity contribution is 0.123. The van der Waals surface area contributed by atoms with Crippen LogP contribution in [-0.2, 0) is 4.74 Å². The van der Waals surface area contributed by atoms with Crippen molar-refractivity contribution in [3.8, 4) is 5.69 Å². The number of fused-ring (bicyclic) bond motifs is 1. The highest BCUT2D eigenvalue weighted by atomic mass is 16.5. The van der Waals surface area contributed by atoms with Gasteiger partial charge < -0.3 is 20.7 Å². The van der Waals surface area contributed by atoms with E-state index in [0.717, 1.165) is 42.1 Å². The summed E-state index contributed by atoms with van der Waals surface area (Å²) in [6.07, 6.45) is 1.81. The Kier molecular flexibility index (Phi) is 5.32. The summed E-state index contributed by atoms with van der Waals surface area (Å²) in [4.78, 5) is 16.5. The van der Waals surface area contributed by atoms with Crippen molar-refractivity contribution in [3.63, 3.8) is 0 Å². The quantitative estimate of drug-likeness (QED) is 0.663. The van der Waals surface area contributed by atoms with E-state index in [9.17, 15) is 4.79 Å². The molecule has 2 aromatic carbocycles. The molecule has 2 heterocycles. The fourth-order valence-corrected chi connectivity index (χ4v) is 3.17. The molecule has 27 heavy (non-hydrogen) atoms. The fourth-order valence-electron chi connectivity index (χ4n) is 3.17. The van der Waals surface area contributed by atoms with E-state index in [1.807, 2.05) is 59.4 Å². The fraction of sp³-hybridized carbons (Fsp3) is 0.300. The number of carbonyl (C=O) groups is 1. The van der Waals surface area contributed by atoms with Crippen LogP contribution in [0.1, 0.15) is 0 Å². The molecular weight excluding hydrogens is 342 g/mol. The number of para-hydroxylation sites is 2. The number of nitrogens with zero attached hydrogens (tertiary/aromatic N) is 2. The Bertz CT molecular complexity index is 898. The molecule has 140 valence electrons. The number of rotatable bonds is 4.